The van der Waals surface area contributed by atoms with Crippen molar-refractivity contribution >= 4 is 27.7 Å². The van der Waals surface area contributed by atoms with E-state index in [4.69, 9.17) is 0 Å². The molecule has 3 fully saturated rings. The zero-order chi connectivity index (χ0) is 17.3. The molecule has 24 heavy (non-hydrogen) atoms. The molecule has 134 valence electrons. The van der Waals surface area contributed by atoms with E-state index in [2.05, 4.69) is 5.32 Å². The molecule has 0 aromatic rings. The first kappa shape index (κ1) is 17.3. The van der Waals surface area contributed by atoms with E-state index < -0.39 is 10.0 Å². The average molecular weight is 357 g/mol. The molecule has 0 radical (unpaired) electrons. The molecule has 0 unspecified atom stereocenters. The van der Waals surface area contributed by atoms with Crippen LogP contribution in [0.15, 0.2) is 0 Å². The molecule has 1 aliphatic carbocycles. The van der Waals surface area contributed by atoms with E-state index >= 15 is 0 Å². The van der Waals surface area contributed by atoms with Gasteiger partial charge in [0.15, 0.2) is 0 Å². The van der Waals surface area contributed by atoms with Crippen molar-refractivity contribution in [2.24, 2.45) is 5.92 Å². The van der Waals surface area contributed by atoms with Gasteiger partial charge in [-0.15, -0.1) is 0 Å². The molecule has 2 saturated heterocycles. The summed E-state index contributed by atoms with van der Waals surface area (Å²) in [5.74, 6) is -0.710. The quantitative estimate of drug-likeness (QED) is 0.643. The summed E-state index contributed by atoms with van der Waals surface area (Å²) in [6, 6.07) is 0. The van der Waals surface area contributed by atoms with Crippen LogP contribution in [0.4, 0.5) is 0 Å². The van der Waals surface area contributed by atoms with Crippen molar-refractivity contribution in [3.63, 3.8) is 0 Å². The molecule has 0 atom stereocenters. The Labute approximate surface area is 141 Å². The fraction of sp³-hybridized carbons (Fsp3) is 0.800. The van der Waals surface area contributed by atoms with Gasteiger partial charge >= 0.3 is 0 Å². The van der Waals surface area contributed by atoms with Crippen molar-refractivity contribution in [1.82, 2.24) is 14.5 Å². The molecule has 3 aliphatic rings. The van der Waals surface area contributed by atoms with Crippen LogP contribution in [0.25, 0.3) is 0 Å². The van der Waals surface area contributed by atoms with Gasteiger partial charge in [0.05, 0.1) is 5.25 Å². The van der Waals surface area contributed by atoms with Gasteiger partial charge < -0.3 is 5.32 Å². The minimum Gasteiger partial charge on any atom is -0.354 e. The van der Waals surface area contributed by atoms with Crippen LogP contribution in [-0.2, 0) is 24.4 Å². The molecule has 1 saturated carbocycles. The number of nitrogens with zero attached hydrogens (tertiary/aromatic N) is 2. The maximum atomic E-state index is 12.2. The van der Waals surface area contributed by atoms with Gasteiger partial charge in [0.2, 0.25) is 27.7 Å². The van der Waals surface area contributed by atoms with Gasteiger partial charge in [-0.1, -0.05) is 0 Å². The lowest BCUT2D eigenvalue weighted by Gasteiger charge is -2.31. The first-order valence-electron chi connectivity index (χ1n) is 8.47. The SMILES string of the molecule is O=C(CN1C(=O)CCC1=O)NCC1CCN(S(=O)(=O)C2CC2)CC1. The lowest BCUT2D eigenvalue weighted by Crippen LogP contribution is -2.44. The number of sulfonamides is 1. The number of rotatable bonds is 6. The number of nitrogens with one attached hydrogen (secondary N) is 1. The summed E-state index contributed by atoms with van der Waals surface area (Å²) in [6.45, 7) is 1.24. The minimum atomic E-state index is -3.11. The van der Waals surface area contributed by atoms with Gasteiger partial charge in [-0.2, -0.15) is 0 Å². The summed E-state index contributed by atoms with van der Waals surface area (Å²) in [6.07, 6.45) is 3.33. The smallest absolute Gasteiger partial charge is 0.240 e. The van der Waals surface area contributed by atoms with Crippen LogP contribution in [-0.4, -0.2) is 66.8 Å². The minimum absolute atomic E-state index is 0.177. The largest absolute Gasteiger partial charge is 0.354 e. The molecule has 3 rings (SSSR count). The molecule has 0 spiro atoms. The first-order chi connectivity index (χ1) is 11.4. The van der Waals surface area contributed by atoms with Crippen LogP contribution in [0, 0.1) is 5.92 Å². The van der Waals surface area contributed by atoms with Crippen LogP contribution in [0.1, 0.15) is 38.5 Å². The van der Waals surface area contributed by atoms with Crippen LogP contribution >= 0.6 is 0 Å². The predicted molar refractivity (Wildman–Crippen MR) is 85.2 cm³/mol. The third-order valence-electron chi connectivity index (χ3n) is 4.92. The van der Waals surface area contributed by atoms with E-state index in [-0.39, 0.29) is 48.3 Å². The van der Waals surface area contributed by atoms with Crippen molar-refractivity contribution in [2.45, 2.75) is 43.8 Å². The van der Waals surface area contributed by atoms with Gasteiger partial charge in [-0.05, 0) is 31.6 Å². The van der Waals surface area contributed by atoms with Crippen molar-refractivity contribution in [1.29, 1.82) is 0 Å². The molecule has 0 aromatic carbocycles. The van der Waals surface area contributed by atoms with E-state index in [1.54, 1.807) is 4.31 Å². The van der Waals surface area contributed by atoms with Crippen molar-refractivity contribution in [3.8, 4) is 0 Å². The molecular formula is C15H23N3O5S. The van der Waals surface area contributed by atoms with E-state index in [1.807, 2.05) is 0 Å². The Kier molecular flexibility index (Phi) is 4.91. The Morgan fingerprint density at radius 2 is 1.62 bits per heavy atom. The lowest BCUT2D eigenvalue weighted by atomic mass is 9.98. The Morgan fingerprint density at radius 3 is 2.17 bits per heavy atom. The number of carbonyl (C=O) groups excluding carboxylic acids is 3. The highest BCUT2D eigenvalue weighted by Crippen LogP contribution is 2.33. The Morgan fingerprint density at radius 1 is 1.04 bits per heavy atom. The second kappa shape index (κ2) is 6.79. The highest BCUT2D eigenvalue weighted by Gasteiger charge is 2.41. The van der Waals surface area contributed by atoms with Gasteiger partial charge in [-0.25, -0.2) is 12.7 Å². The zero-order valence-corrected chi connectivity index (χ0v) is 14.4. The fourth-order valence-electron chi connectivity index (χ4n) is 3.20. The summed E-state index contributed by atoms with van der Waals surface area (Å²) in [5, 5.41) is 2.58. The van der Waals surface area contributed by atoms with E-state index in [0.717, 1.165) is 17.7 Å². The summed E-state index contributed by atoms with van der Waals surface area (Å²) >= 11 is 0. The topological polar surface area (TPSA) is 104 Å². The Bertz CT molecular complexity index is 619. The normalized spacial score (nSPS) is 23.8. The maximum absolute atomic E-state index is 12.2. The second-order valence-corrected chi connectivity index (χ2v) is 8.98. The average Bonchev–Trinajstić information content (AvgIpc) is 3.37. The van der Waals surface area contributed by atoms with E-state index in [0.29, 0.717) is 32.5 Å². The van der Waals surface area contributed by atoms with Crippen LogP contribution in [0.3, 0.4) is 0 Å². The number of amides is 3. The standard InChI is InChI=1S/C15H23N3O5S/c19-13(10-18-14(20)3-4-15(18)21)16-9-11-5-7-17(8-6-11)24(22,23)12-1-2-12/h11-12H,1-10H2,(H,16,19). The molecule has 1 N–H and O–H groups in total. The predicted octanol–water partition coefficient (Wildman–Crippen LogP) is -0.544. The summed E-state index contributed by atoms with van der Waals surface area (Å²) in [7, 11) is -3.11. The maximum Gasteiger partial charge on any atom is 0.240 e. The van der Waals surface area contributed by atoms with Crippen molar-refractivity contribution < 1.29 is 22.8 Å². The molecular weight excluding hydrogens is 334 g/mol. The first-order valence-corrected chi connectivity index (χ1v) is 9.97. The molecule has 2 heterocycles. The summed E-state index contributed by atoms with van der Waals surface area (Å²) in [5.41, 5.74) is 0. The van der Waals surface area contributed by atoms with Gasteiger partial charge in [0, 0.05) is 32.5 Å². The fourth-order valence-corrected chi connectivity index (χ4v) is 5.07. The van der Waals surface area contributed by atoms with Crippen molar-refractivity contribution in [3.05, 3.63) is 0 Å². The molecule has 2 aliphatic heterocycles. The molecule has 8 nitrogen and oxygen atoms in total. The van der Waals surface area contributed by atoms with Gasteiger partial charge in [0.25, 0.3) is 0 Å². The Balaban J connectivity index is 1.39. The number of hydrogen-bond acceptors (Lipinski definition) is 5. The highest BCUT2D eigenvalue weighted by atomic mass is 32.2. The molecule has 9 heteroatoms. The molecule has 3 amide bonds. The van der Waals surface area contributed by atoms with Crippen LogP contribution in [0.2, 0.25) is 0 Å². The van der Waals surface area contributed by atoms with E-state index in [1.165, 1.54) is 0 Å². The third-order valence-corrected chi connectivity index (χ3v) is 7.32. The Hall–Kier alpha value is -1.48. The number of piperidine rings is 1. The highest BCUT2D eigenvalue weighted by molar-refractivity contribution is 7.90. The van der Waals surface area contributed by atoms with Crippen LogP contribution in [0.5, 0.6) is 0 Å². The monoisotopic (exact) mass is 357 g/mol. The summed E-state index contributed by atoms with van der Waals surface area (Å²) < 4.78 is 25.9. The number of hydrogen-bond donors (Lipinski definition) is 1. The van der Waals surface area contributed by atoms with Gasteiger partial charge in [-0.3, -0.25) is 19.3 Å². The number of carbonyl (C=O) groups is 3. The van der Waals surface area contributed by atoms with Crippen LogP contribution < -0.4 is 5.32 Å². The molecule has 0 aromatic heterocycles. The lowest BCUT2D eigenvalue weighted by molar-refractivity contribution is -0.142. The zero-order valence-electron chi connectivity index (χ0n) is 13.6. The molecule has 0 bridgehead atoms. The van der Waals surface area contributed by atoms with E-state index in [9.17, 15) is 22.8 Å². The number of likely N-dealkylation sites (tertiary alicyclic amines) is 1. The van der Waals surface area contributed by atoms with Crippen molar-refractivity contribution in [2.75, 3.05) is 26.2 Å². The third kappa shape index (κ3) is 3.77. The second-order valence-electron chi connectivity index (χ2n) is 6.76. The number of imide groups is 1. The summed E-state index contributed by atoms with van der Waals surface area (Å²) in [4.78, 5) is 35.8. The van der Waals surface area contributed by atoms with Gasteiger partial charge in [0.1, 0.15) is 6.54 Å².